The van der Waals surface area contributed by atoms with Crippen molar-refractivity contribution >= 4 is 52.4 Å². The topological polar surface area (TPSA) is 101 Å². The fourth-order valence-electron chi connectivity index (χ4n) is 2.82. The lowest BCUT2D eigenvalue weighted by molar-refractivity contribution is -0.384. The highest BCUT2D eigenvalue weighted by Gasteiger charge is 2.34. The Labute approximate surface area is 192 Å². The van der Waals surface area contributed by atoms with E-state index < -0.39 is 4.92 Å². The predicted molar refractivity (Wildman–Crippen MR) is 124 cm³/mol. The molecule has 1 aliphatic rings. The molecule has 0 unspecified atom stereocenters. The van der Waals surface area contributed by atoms with E-state index in [1.165, 1.54) is 41.3 Å². The molecule has 0 N–H and O–H groups in total. The smallest absolute Gasteiger partial charge is 0.269 e. The van der Waals surface area contributed by atoms with Crippen LogP contribution in [0.15, 0.2) is 86.5 Å². The van der Waals surface area contributed by atoms with E-state index in [1.54, 1.807) is 42.5 Å². The number of nitrogens with zero attached hydrogens (tertiary/aromatic N) is 4. The molecule has 2 aromatic carbocycles. The summed E-state index contributed by atoms with van der Waals surface area (Å²) in [5.74, 6) is 0.393. The first-order chi connectivity index (χ1) is 15.5. The summed E-state index contributed by atoms with van der Waals surface area (Å²) in [5, 5.41) is 20.0. The maximum Gasteiger partial charge on any atom is 0.269 e. The molecule has 3 aromatic rings. The highest BCUT2D eigenvalue weighted by molar-refractivity contribution is 8.18. The summed E-state index contributed by atoms with van der Waals surface area (Å²) in [6.07, 6.45) is 4.77. The lowest BCUT2D eigenvalue weighted by atomic mass is 10.2. The zero-order chi connectivity index (χ0) is 22.5. The number of nitro benzene ring substituents is 1. The van der Waals surface area contributed by atoms with Crippen LogP contribution in [0.25, 0.3) is 6.08 Å². The third-order valence-corrected chi connectivity index (χ3v) is 5.65. The molecule has 4 rings (SSSR count). The quantitative estimate of drug-likeness (QED) is 0.211. The number of carbonyl (C=O) groups excluding carboxylic acids is 1. The number of hydrogen-bond donors (Lipinski definition) is 0. The standard InChI is InChI=1S/C22H15ClN4O4S/c23-17-7-3-15(4-8-17)12-20-21(28)26(14-19-2-1-11-31-19)22(32-20)25-24-13-16-5-9-18(10-6-16)27(29)30/h1-13H,14H2/b20-12-,24-13+,25-22-. The fourth-order valence-corrected chi connectivity index (χ4v) is 3.88. The number of nitro groups is 1. The van der Waals surface area contributed by atoms with E-state index in [1.807, 2.05) is 12.1 Å². The van der Waals surface area contributed by atoms with Crippen molar-refractivity contribution in [1.82, 2.24) is 4.90 Å². The van der Waals surface area contributed by atoms with Gasteiger partial charge in [0, 0.05) is 17.2 Å². The van der Waals surface area contributed by atoms with Gasteiger partial charge in [-0.05, 0) is 65.4 Å². The Morgan fingerprint density at radius 1 is 1.09 bits per heavy atom. The van der Waals surface area contributed by atoms with Crippen LogP contribution in [0.1, 0.15) is 16.9 Å². The van der Waals surface area contributed by atoms with Gasteiger partial charge in [-0.3, -0.25) is 19.8 Å². The number of rotatable bonds is 6. The van der Waals surface area contributed by atoms with Crippen molar-refractivity contribution in [2.45, 2.75) is 6.54 Å². The van der Waals surface area contributed by atoms with Crippen LogP contribution in [-0.2, 0) is 11.3 Å². The molecular formula is C22H15ClN4O4S. The predicted octanol–water partition coefficient (Wildman–Crippen LogP) is 5.35. The van der Waals surface area contributed by atoms with Crippen LogP contribution in [0.2, 0.25) is 5.02 Å². The molecule has 2 heterocycles. The minimum absolute atomic E-state index is 0.00740. The molecule has 8 nitrogen and oxygen atoms in total. The van der Waals surface area contributed by atoms with Gasteiger partial charge >= 0.3 is 0 Å². The molecule has 0 aliphatic carbocycles. The van der Waals surface area contributed by atoms with E-state index in [0.29, 0.717) is 26.4 Å². The SMILES string of the molecule is O=C1/C(=C/c2ccc(Cl)cc2)S/C(=N\N=C\c2ccc([N+](=O)[O-])cc2)N1Cc1ccco1. The second-order valence-corrected chi connectivity index (χ2v) is 8.05. The Hall–Kier alpha value is -3.69. The molecule has 0 bridgehead atoms. The molecule has 0 atom stereocenters. The van der Waals surface area contributed by atoms with Gasteiger partial charge in [0.1, 0.15) is 5.76 Å². The molecule has 160 valence electrons. The van der Waals surface area contributed by atoms with Gasteiger partial charge in [0.05, 0.1) is 28.9 Å². The van der Waals surface area contributed by atoms with Gasteiger partial charge in [-0.25, -0.2) is 0 Å². The average molecular weight is 467 g/mol. The van der Waals surface area contributed by atoms with Crippen LogP contribution in [0.4, 0.5) is 5.69 Å². The van der Waals surface area contributed by atoms with E-state index in [2.05, 4.69) is 10.2 Å². The summed E-state index contributed by atoms with van der Waals surface area (Å²) in [7, 11) is 0. The van der Waals surface area contributed by atoms with Crippen molar-refractivity contribution < 1.29 is 14.1 Å². The third kappa shape index (κ3) is 5.13. The minimum Gasteiger partial charge on any atom is -0.467 e. The van der Waals surface area contributed by atoms with E-state index in [4.69, 9.17) is 16.0 Å². The zero-order valence-electron chi connectivity index (χ0n) is 16.4. The van der Waals surface area contributed by atoms with Crippen LogP contribution in [0.5, 0.6) is 0 Å². The molecule has 0 spiro atoms. The highest BCUT2D eigenvalue weighted by atomic mass is 35.5. The maximum absolute atomic E-state index is 13.0. The molecule has 32 heavy (non-hydrogen) atoms. The van der Waals surface area contributed by atoms with Crippen LogP contribution in [-0.4, -0.2) is 27.1 Å². The van der Waals surface area contributed by atoms with E-state index >= 15 is 0 Å². The van der Waals surface area contributed by atoms with Gasteiger partial charge in [-0.15, -0.1) is 5.10 Å². The molecule has 1 aliphatic heterocycles. The summed E-state index contributed by atoms with van der Waals surface area (Å²) >= 11 is 7.13. The van der Waals surface area contributed by atoms with Crippen LogP contribution < -0.4 is 0 Å². The van der Waals surface area contributed by atoms with Gasteiger partial charge in [0.15, 0.2) is 5.17 Å². The van der Waals surface area contributed by atoms with Crippen LogP contribution in [0.3, 0.4) is 0 Å². The van der Waals surface area contributed by atoms with Gasteiger partial charge in [-0.1, -0.05) is 23.7 Å². The van der Waals surface area contributed by atoms with Crippen molar-refractivity contribution in [3.63, 3.8) is 0 Å². The van der Waals surface area contributed by atoms with Crippen molar-refractivity contribution in [1.29, 1.82) is 0 Å². The van der Waals surface area contributed by atoms with E-state index in [0.717, 1.165) is 5.56 Å². The summed E-state index contributed by atoms with van der Waals surface area (Å²) < 4.78 is 5.38. The number of thioether (sulfide) groups is 1. The number of halogens is 1. The van der Waals surface area contributed by atoms with E-state index in [9.17, 15) is 14.9 Å². The summed E-state index contributed by atoms with van der Waals surface area (Å²) in [6.45, 7) is 0.211. The Balaban J connectivity index is 1.58. The highest BCUT2D eigenvalue weighted by Crippen LogP contribution is 2.34. The normalized spacial score (nSPS) is 16.5. The maximum atomic E-state index is 13.0. The summed E-state index contributed by atoms with van der Waals surface area (Å²) in [5.41, 5.74) is 1.47. The van der Waals surface area contributed by atoms with Gasteiger partial charge in [-0.2, -0.15) is 5.10 Å². The molecule has 1 amide bonds. The fraction of sp³-hybridized carbons (Fsp3) is 0.0455. The Morgan fingerprint density at radius 2 is 1.81 bits per heavy atom. The minimum atomic E-state index is -0.469. The largest absolute Gasteiger partial charge is 0.467 e. The number of carbonyl (C=O) groups is 1. The lowest BCUT2D eigenvalue weighted by Gasteiger charge is -2.12. The molecule has 1 aromatic heterocycles. The second kappa shape index (κ2) is 9.63. The number of benzene rings is 2. The molecule has 1 fully saturated rings. The second-order valence-electron chi connectivity index (χ2n) is 6.61. The number of furan rings is 1. The Morgan fingerprint density at radius 3 is 2.47 bits per heavy atom. The average Bonchev–Trinajstić information content (AvgIpc) is 3.40. The van der Waals surface area contributed by atoms with Crippen LogP contribution in [0, 0.1) is 10.1 Å². The number of amidine groups is 1. The number of non-ortho nitro benzene ring substituents is 1. The first-order valence-corrected chi connectivity index (χ1v) is 10.5. The molecule has 0 radical (unpaired) electrons. The van der Waals surface area contributed by atoms with Crippen LogP contribution >= 0.6 is 23.4 Å². The van der Waals surface area contributed by atoms with Crippen molar-refractivity contribution in [3.8, 4) is 0 Å². The van der Waals surface area contributed by atoms with Crippen molar-refractivity contribution in [2.75, 3.05) is 0 Å². The number of amides is 1. The van der Waals surface area contributed by atoms with E-state index in [-0.39, 0.29) is 18.1 Å². The molecule has 0 saturated carbocycles. The van der Waals surface area contributed by atoms with Crippen molar-refractivity contribution in [2.24, 2.45) is 10.2 Å². The molecule has 10 heteroatoms. The zero-order valence-corrected chi connectivity index (χ0v) is 18.0. The third-order valence-electron chi connectivity index (χ3n) is 4.40. The molecule has 1 saturated heterocycles. The first-order valence-electron chi connectivity index (χ1n) is 9.34. The Kier molecular flexibility index (Phi) is 6.48. The molecular weight excluding hydrogens is 452 g/mol. The van der Waals surface area contributed by atoms with Gasteiger partial charge in [0.2, 0.25) is 0 Å². The van der Waals surface area contributed by atoms with Crippen molar-refractivity contribution in [3.05, 3.63) is 104 Å². The summed E-state index contributed by atoms with van der Waals surface area (Å²) in [6, 6.07) is 16.6. The Bertz CT molecular complexity index is 1220. The number of hydrogen-bond acceptors (Lipinski definition) is 7. The monoisotopic (exact) mass is 466 g/mol. The van der Waals surface area contributed by atoms with Gasteiger partial charge < -0.3 is 4.42 Å². The lowest BCUT2D eigenvalue weighted by Crippen LogP contribution is -2.28. The first kappa shape index (κ1) is 21.5. The van der Waals surface area contributed by atoms with Gasteiger partial charge in [0.25, 0.3) is 11.6 Å². The summed E-state index contributed by atoms with van der Waals surface area (Å²) in [4.78, 5) is 25.3.